The van der Waals surface area contributed by atoms with Gasteiger partial charge in [-0.15, -0.1) is 0 Å². The Morgan fingerprint density at radius 2 is 0.493 bits per heavy atom. The summed E-state index contributed by atoms with van der Waals surface area (Å²) in [5, 5.41) is 0. The predicted molar refractivity (Wildman–Crippen MR) is 289 cm³/mol. The zero-order valence-corrected chi connectivity index (χ0v) is 45.2. The molecule has 0 aromatic rings. The SMILES string of the molecule is CCCCCCC/C=C/CCCCCCCC(=O)OC[C@H](COC(=O)CCCCCCCCCCC/C=C/CCCCCCCC)OC(=O)CCCCCCCCCCCCCCCCCC. The molecule has 0 amide bonds. The predicted octanol–water partition coefficient (Wildman–Crippen LogP) is 19.9. The second-order valence-corrected chi connectivity index (χ2v) is 20.3. The lowest BCUT2D eigenvalue weighted by molar-refractivity contribution is -0.167. The molecule has 0 aliphatic rings. The number of unbranched alkanes of at least 4 members (excludes halogenated alkanes) is 40. The van der Waals surface area contributed by atoms with Crippen molar-refractivity contribution >= 4 is 17.9 Å². The zero-order valence-electron chi connectivity index (χ0n) is 45.2. The van der Waals surface area contributed by atoms with E-state index in [2.05, 4.69) is 45.1 Å². The molecule has 67 heavy (non-hydrogen) atoms. The maximum atomic E-state index is 12.9. The molecule has 1 atom stereocenters. The van der Waals surface area contributed by atoms with Crippen molar-refractivity contribution in [3.05, 3.63) is 24.3 Å². The van der Waals surface area contributed by atoms with Crippen LogP contribution in [0.15, 0.2) is 24.3 Å². The minimum absolute atomic E-state index is 0.0704. The molecule has 0 heterocycles. The van der Waals surface area contributed by atoms with Crippen LogP contribution >= 0.6 is 0 Å². The summed E-state index contributed by atoms with van der Waals surface area (Å²) in [7, 11) is 0. The van der Waals surface area contributed by atoms with E-state index in [9.17, 15) is 14.4 Å². The van der Waals surface area contributed by atoms with Crippen LogP contribution in [0.1, 0.15) is 329 Å². The molecule has 0 saturated carbocycles. The van der Waals surface area contributed by atoms with E-state index in [1.54, 1.807) is 0 Å². The second kappa shape index (κ2) is 56.5. The van der Waals surface area contributed by atoms with Gasteiger partial charge >= 0.3 is 17.9 Å². The highest BCUT2D eigenvalue weighted by atomic mass is 16.6. The van der Waals surface area contributed by atoms with Gasteiger partial charge in [-0.3, -0.25) is 14.4 Å². The van der Waals surface area contributed by atoms with Crippen molar-refractivity contribution < 1.29 is 28.6 Å². The first kappa shape index (κ1) is 64.9. The van der Waals surface area contributed by atoms with Crippen molar-refractivity contribution in [2.45, 2.75) is 335 Å². The molecule has 0 bridgehead atoms. The van der Waals surface area contributed by atoms with Crippen LogP contribution in [0.25, 0.3) is 0 Å². The molecular weight excluding hydrogens is 829 g/mol. The van der Waals surface area contributed by atoms with Gasteiger partial charge in [0.05, 0.1) is 0 Å². The summed E-state index contributed by atoms with van der Waals surface area (Å²) in [5.74, 6) is -0.859. The van der Waals surface area contributed by atoms with Crippen LogP contribution in [0, 0.1) is 0 Å². The minimum atomic E-state index is -0.771. The van der Waals surface area contributed by atoms with E-state index in [1.165, 1.54) is 225 Å². The van der Waals surface area contributed by atoms with Gasteiger partial charge in [-0.05, 0) is 70.6 Å². The lowest BCUT2D eigenvalue weighted by Crippen LogP contribution is -2.30. The molecule has 0 rings (SSSR count). The molecule has 6 heteroatoms. The maximum absolute atomic E-state index is 12.9. The van der Waals surface area contributed by atoms with Gasteiger partial charge in [0, 0.05) is 19.3 Å². The fraction of sp³-hybridized carbons (Fsp3) is 0.885. The van der Waals surface area contributed by atoms with Gasteiger partial charge in [0.15, 0.2) is 6.10 Å². The van der Waals surface area contributed by atoms with E-state index in [1.807, 2.05) is 0 Å². The van der Waals surface area contributed by atoms with Crippen molar-refractivity contribution in [1.29, 1.82) is 0 Å². The number of esters is 3. The molecule has 0 aromatic carbocycles. The Bertz CT molecular complexity index is 1080. The second-order valence-electron chi connectivity index (χ2n) is 20.3. The minimum Gasteiger partial charge on any atom is -0.462 e. The summed E-state index contributed by atoms with van der Waals surface area (Å²) in [5.41, 5.74) is 0. The highest BCUT2D eigenvalue weighted by Gasteiger charge is 2.19. The van der Waals surface area contributed by atoms with Gasteiger partial charge in [-0.1, -0.05) is 263 Å². The molecule has 394 valence electrons. The highest BCUT2D eigenvalue weighted by Crippen LogP contribution is 2.17. The van der Waals surface area contributed by atoms with Gasteiger partial charge < -0.3 is 14.2 Å². The van der Waals surface area contributed by atoms with Crippen LogP contribution in [-0.4, -0.2) is 37.2 Å². The van der Waals surface area contributed by atoms with Crippen LogP contribution in [-0.2, 0) is 28.6 Å². The van der Waals surface area contributed by atoms with Crippen molar-refractivity contribution in [3.63, 3.8) is 0 Å². The highest BCUT2D eigenvalue weighted by molar-refractivity contribution is 5.71. The van der Waals surface area contributed by atoms with E-state index in [0.29, 0.717) is 19.3 Å². The Balaban J connectivity index is 4.32. The van der Waals surface area contributed by atoms with Gasteiger partial charge in [-0.25, -0.2) is 0 Å². The molecule has 6 nitrogen and oxygen atoms in total. The van der Waals surface area contributed by atoms with Crippen molar-refractivity contribution in [2.24, 2.45) is 0 Å². The van der Waals surface area contributed by atoms with E-state index in [-0.39, 0.29) is 31.1 Å². The lowest BCUT2D eigenvalue weighted by atomic mass is 10.0. The van der Waals surface area contributed by atoms with Crippen LogP contribution in [0.5, 0.6) is 0 Å². The van der Waals surface area contributed by atoms with Gasteiger partial charge in [0.2, 0.25) is 0 Å². The average molecular weight is 944 g/mol. The summed E-state index contributed by atoms with van der Waals surface area (Å²) in [6.45, 7) is 6.67. The molecule has 0 spiro atoms. The van der Waals surface area contributed by atoms with Crippen LogP contribution < -0.4 is 0 Å². The number of carbonyl (C=O) groups excluding carboxylic acids is 3. The number of hydrogen-bond donors (Lipinski definition) is 0. The fourth-order valence-electron chi connectivity index (χ4n) is 8.91. The smallest absolute Gasteiger partial charge is 0.306 e. The van der Waals surface area contributed by atoms with Crippen molar-refractivity contribution in [3.8, 4) is 0 Å². The Morgan fingerprint density at radius 3 is 0.746 bits per heavy atom. The van der Waals surface area contributed by atoms with Gasteiger partial charge in [-0.2, -0.15) is 0 Å². The summed E-state index contributed by atoms with van der Waals surface area (Å²) in [4.78, 5) is 38.2. The van der Waals surface area contributed by atoms with E-state index >= 15 is 0 Å². The third kappa shape index (κ3) is 54.7. The van der Waals surface area contributed by atoms with Crippen molar-refractivity contribution in [2.75, 3.05) is 13.2 Å². The number of ether oxygens (including phenoxy) is 3. The molecule has 0 unspecified atom stereocenters. The molecule has 0 aromatic heterocycles. The topological polar surface area (TPSA) is 78.9 Å². The Hall–Kier alpha value is -2.11. The van der Waals surface area contributed by atoms with Crippen LogP contribution in [0.4, 0.5) is 0 Å². The average Bonchev–Trinajstić information content (AvgIpc) is 3.33. The third-order valence-electron chi connectivity index (χ3n) is 13.4. The molecule has 0 N–H and O–H groups in total. The van der Waals surface area contributed by atoms with Gasteiger partial charge in [0.1, 0.15) is 13.2 Å². The largest absolute Gasteiger partial charge is 0.462 e. The van der Waals surface area contributed by atoms with E-state index in [0.717, 1.165) is 64.2 Å². The van der Waals surface area contributed by atoms with Gasteiger partial charge in [0.25, 0.3) is 0 Å². The normalized spacial score (nSPS) is 12.1. The number of carbonyl (C=O) groups is 3. The molecule has 0 aliphatic carbocycles. The number of allylic oxidation sites excluding steroid dienone is 4. The van der Waals surface area contributed by atoms with Crippen LogP contribution in [0.2, 0.25) is 0 Å². The third-order valence-corrected chi connectivity index (χ3v) is 13.4. The Morgan fingerprint density at radius 1 is 0.284 bits per heavy atom. The summed E-state index contributed by atoms with van der Waals surface area (Å²) < 4.78 is 16.9. The first-order chi connectivity index (χ1) is 33.0. The summed E-state index contributed by atoms with van der Waals surface area (Å²) >= 11 is 0. The zero-order chi connectivity index (χ0) is 48.6. The Kier molecular flexibility index (Phi) is 54.7. The first-order valence-corrected chi connectivity index (χ1v) is 29.8. The lowest BCUT2D eigenvalue weighted by Gasteiger charge is -2.18. The molecule has 0 fully saturated rings. The summed E-state index contributed by atoms with van der Waals surface area (Å²) in [6, 6.07) is 0. The molecule has 0 radical (unpaired) electrons. The van der Waals surface area contributed by atoms with E-state index < -0.39 is 6.10 Å². The summed E-state index contributed by atoms with van der Waals surface area (Å²) in [6.07, 6.45) is 66.0. The number of hydrogen-bond acceptors (Lipinski definition) is 6. The van der Waals surface area contributed by atoms with Crippen LogP contribution in [0.3, 0.4) is 0 Å². The fourth-order valence-corrected chi connectivity index (χ4v) is 8.91. The monoisotopic (exact) mass is 943 g/mol. The molecule has 0 aliphatic heterocycles. The first-order valence-electron chi connectivity index (χ1n) is 29.8. The quantitative estimate of drug-likeness (QED) is 0.0262. The molecule has 0 saturated heterocycles. The molecular formula is C61H114O6. The maximum Gasteiger partial charge on any atom is 0.306 e. The number of rotatable bonds is 55. The standard InChI is InChI=1S/C61H114O6/c1-4-7-10-13-16-19-22-25-28-30-31-32-34-36-39-42-45-48-51-54-60(63)66-57-58(56-65-59(62)53-50-47-44-41-38-35-27-24-21-18-15-12-9-6-3)67-61(64)55-52-49-46-43-40-37-33-29-26-23-20-17-14-11-8-5-2/h24-25,27-28,58H,4-23,26,29-57H2,1-3H3/b27-24+,28-25+/t58-/m1/s1. The van der Waals surface area contributed by atoms with E-state index in [4.69, 9.17) is 14.2 Å². The van der Waals surface area contributed by atoms with Crippen molar-refractivity contribution in [1.82, 2.24) is 0 Å². The Labute approximate surface area is 417 Å².